The molecule has 0 saturated heterocycles. The van der Waals surface area contributed by atoms with E-state index in [4.69, 9.17) is 0 Å². The Morgan fingerprint density at radius 2 is 1.95 bits per heavy atom. The maximum atomic E-state index is 11.5. The molecule has 1 unspecified atom stereocenters. The van der Waals surface area contributed by atoms with Crippen molar-refractivity contribution in [3.05, 3.63) is 0 Å². The number of rotatable bonds is 11. The lowest BCUT2D eigenvalue weighted by molar-refractivity contribution is -0.144. The lowest BCUT2D eigenvalue weighted by Gasteiger charge is -2.29. The summed E-state index contributed by atoms with van der Waals surface area (Å²) >= 11 is 0. The summed E-state index contributed by atoms with van der Waals surface area (Å²) in [6.45, 7) is 8.26. The molecule has 1 atom stereocenters. The smallest absolute Gasteiger partial charge is 0.323 e. The Hall–Kier alpha value is -0.610. The highest BCUT2D eigenvalue weighted by molar-refractivity contribution is 5.78. The number of nitrogens with one attached hydrogen (secondary N) is 1. The predicted octanol–water partition coefficient (Wildman–Crippen LogP) is 2.87. The number of nitrogens with zero attached hydrogens (tertiary/aromatic N) is 1. The van der Waals surface area contributed by atoms with E-state index in [-0.39, 0.29) is 6.04 Å². The molecule has 0 radical (unpaired) electrons. The lowest BCUT2D eigenvalue weighted by atomic mass is 9.94. The van der Waals surface area contributed by atoms with Crippen LogP contribution in [0.4, 0.5) is 0 Å². The van der Waals surface area contributed by atoms with Crippen LogP contribution in [0.25, 0.3) is 0 Å². The molecule has 0 heterocycles. The van der Waals surface area contributed by atoms with E-state index in [9.17, 15) is 9.90 Å². The summed E-state index contributed by atoms with van der Waals surface area (Å²) in [4.78, 5) is 14.1. The number of carboxylic acid groups (broad SMARTS) is 1. The number of unbranched alkanes of at least 4 members (excludes halogenated alkanes) is 1. The predicted molar refractivity (Wildman–Crippen MR) is 85.5 cm³/mol. The molecule has 2 fully saturated rings. The third kappa shape index (κ3) is 5.59. The Bertz CT molecular complexity index is 351. The number of hydrogen-bond donors (Lipinski definition) is 2. The number of aliphatic carboxylic acids is 1. The maximum Gasteiger partial charge on any atom is 0.323 e. The second-order valence-electron chi connectivity index (χ2n) is 7.56. The highest BCUT2D eigenvalue weighted by atomic mass is 16.4. The van der Waals surface area contributed by atoms with E-state index in [0.29, 0.717) is 6.42 Å². The van der Waals surface area contributed by atoms with Gasteiger partial charge in [0.1, 0.15) is 5.54 Å². The van der Waals surface area contributed by atoms with Gasteiger partial charge in [0.15, 0.2) is 0 Å². The third-order valence-corrected chi connectivity index (χ3v) is 4.70. The first kappa shape index (κ1) is 16.8. The van der Waals surface area contributed by atoms with Crippen molar-refractivity contribution in [3.8, 4) is 0 Å². The highest BCUT2D eigenvalue weighted by Gasteiger charge is 2.34. The van der Waals surface area contributed by atoms with Gasteiger partial charge in [0, 0.05) is 18.6 Å². The largest absolute Gasteiger partial charge is 0.480 e. The van der Waals surface area contributed by atoms with Gasteiger partial charge < -0.3 is 10.0 Å². The Morgan fingerprint density at radius 1 is 1.29 bits per heavy atom. The van der Waals surface area contributed by atoms with Crippen LogP contribution in [0.2, 0.25) is 0 Å². The quantitative estimate of drug-likeness (QED) is 0.576. The van der Waals surface area contributed by atoms with Crippen LogP contribution < -0.4 is 5.32 Å². The summed E-state index contributed by atoms with van der Waals surface area (Å²) in [5, 5.41) is 12.7. The molecule has 0 bridgehead atoms. The molecule has 21 heavy (non-hydrogen) atoms. The Balaban J connectivity index is 1.69. The van der Waals surface area contributed by atoms with Gasteiger partial charge in [-0.2, -0.15) is 0 Å². The average molecular weight is 296 g/mol. The molecule has 2 aliphatic carbocycles. The van der Waals surface area contributed by atoms with Crippen molar-refractivity contribution in [2.24, 2.45) is 5.92 Å². The first-order chi connectivity index (χ1) is 9.90. The average Bonchev–Trinajstić information content (AvgIpc) is 3.25. The van der Waals surface area contributed by atoms with Crippen LogP contribution in [-0.4, -0.2) is 46.7 Å². The highest BCUT2D eigenvalue weighted by Crippen LogP contribution is 2.35. The van der Waals surface area contributed by atoms with Crippen molar-refractivity contribution in [2.75, 3.05) is 13.1 Å². The second kappa shape index (κ2) is 7.10. The molecule has 2 rings (SSSR count). The monoisotopic (exact) mass is 296 g/mol. The van der Waals surface area contributed by atoms with Crippen LogP contribution in [0.1, 0.15) is 65.7 Å². The van der Waals surface area contributed by atoms with Gasteiger partial charge in [0.05, 0.1) is 0 Å². The zero-order chi connectivity index (χ0) is 15.5. The minimum atomic E-state index is -0.783. The van der Waals surface area contributed by atoms with Crippen LogP contribution in [0, 0.1) is 5.92 Å². The summed E-state index contributed by atoms with van der Waals surface area (Å²) in [6, 6.07) is 1.04. The molecule has 0 spiro atoms. The van der Waals surface area contributed by atoms with Gasteiger partial charge in [-0.1, -0.05) is 0 Å². The van der Waals surface area contributed by atoms with E-state index in [1.54, 1.807) is 0 Å². The summed E-state index contributed by atoms with van der Waals surface area (Å²) in [7, 11) is 0. The van der Waals surface area contributed by atoms with E-state index in [0.717, 1.165) is 31.3 Å². The molecule has 0 aromatic rings. The standard InChI is InChI=1S/C17H32N2O2/c1-13(2)18-17(3,16(20)21)10-4-5-11-19(15-8-9-15)12-14-6-7-14/h13-15,18H,4-12H2,1-3H3,(H,20,21). The van der Waals surface area contributed by atoms with Crippen molar-refractivity contribution in [3.63, 3.8) is 0 Å². The molecule has 0 aromatic heterocycles. The van der Waals surface area contributed by atoms with Crippen LogP contribution in [0.15, 0.2) is 0 Å². The van der Waals surface area contributed by atoms with Gasteiger partial charge in [0.25, 0.3) is 0 Å². The summed E-state index contributed by atoms with van der Waals surface area (Å²) in [5.41, 5.74) is -0.783. The molecule has 0 aromatic carbocycles. The van der Waals surface area contributed by atoms with Gasteiger partial charge >= 0.3 is 5.97 Å². The van der Waals surface area contributed by atoms with E-state index in [2.05, 4.69) is 10.2 Å². The molecule has 0 amide bonds. The van der Waals surface area contributed by atoms with E-state index in [1.165, 1.54) is 32.2 Å². The molecule has 2 saturated carbocycles. The third-order valence-electron chi connectivity index (χ3n) is 4.70. The van der Waals surface area contributed by atoms with Gasteiger partial charge in [-0.25, -0.2) is 0 Å². The normalized spacial score (nSPS) is 21.8. The molecular weight excluding hydrogens is 264 g/mol. The summed E-state index contributed by atoms with van der Waals surface area (Å²) in [5.74, 6) is 0.228. The van der Waals surface area contributed by atoms with Crippen molar-refractivity contribution in [1.82, 2.24) is 10.2 Å². The van der Waals surface area contributed by atoms with Gasteiger partial charge in [0.2, 0.25) is 0 Å². The second-order valence-corrected chi connectivity index (χ2v) is 7.56. The molecule has 122 valence electrons. The Morgan fingerprint density at radius 3 is 2.43 bits per heavy atom. The number of carboxylic acids is 1. The van der Waals surface area contributed by atoms with Crippen molar-refractivity contribution >= 4 is 5.97 Å². The molecule has 4 heteroatoms. The van der Waals surface area contributed by atoms with Crippen LogP contribution in [-0.2, 0) is 4.79 Å². The van der Waals surface area contributed by atoms with Gasteiger partial charge in [-0.05, 0) is 78.2 Å². The SMILES string of the molecule is CC(C)NC(C)(CCCCN(CC1CC1)C1CC1)C(=O)O. The zero-order valence-electron chi connectivity index (χ0n) is 13.9. The van der Waals surface area contributed by atoms with Gasteiger partial charge in [-0.15, -0.1) is 0 Å². The van der Waals surface area contributed by atoms with Crippen molar-refractivity contribution in [1.29, 1.82) is 0 Å². The number of carbonyl (C=O) groups is 1. The topological polar surface area (TPSA) is 52.6 Å². The first-order valence-electron chi connectivity index (χ1n) is 8.66. The maximum absolute atomic E-state index is 11.5. The van der Waals surface area contributed by atoms with E-state index in [1.807, 2.05) is 20.8 Å². The molecule has 0 aliphatic heterocycles. The molecular formula is C17H32N2O2. The molecule has 2 N–H and O–H groups in total. The molecule has 4 nitrogen and oxygen atoms in total. The zero-order valence-corrected chi connectivity index (χ0v) is 13.9. The number of hydrogen-bond acceptors (Lipinski definition) is 3. The fourth-order valence-corrected chi connectivity index (χ4v) is 3.17. The van der Waals surface area contributed by atoms with Gasteiger partial charge in [-0.3, -0.25) is 10.1 Å². The van der Waals surface area contributed by atoms with E-state index < -0.39 is 11.5 Å². The minimum absolute atomic E-state index is 0.198. The lowest BCUT2D eigenvalue weighted by Crippen LogP contribution is -2.52. The fraction of sp³-hybridized carbons (Fsp3) is 0.941. The molecule has 2 aliphatic rings. The van der Waals surface area contributed by atoms with Crippen LogP contribution >= 0.6 is 0 Å². The first-order valence-corrected chi connectivity index (χ1v) is 8.66. The Kier molecular flexibility index (Phi) is 5.67. The van der Waals surface area contributed by atoms with Crippen molar-refractivity contribution < 1.29 is 9.90 Å². The summed E-state index contributed by atoms with van der Waals surface area (Å²) in [6.07, 6.45) is 8.38. The van der Waals surface area contributed by atoms with Crippen LogP contribution in [0.5, 0.6) is 0 Å². The fourth-order valence-electron chi connectivity index (χ4n) is 3.17. The summed E-state index contributed by atoms with van der Waals surface area (Å²) < 4.78 is 0. The minimum Gasteiger partial charge on any atom is -0.480 e. The Labute approximate surface area is 129 Å². The van der Waals surface area contributed by atoms with Crippen LogP contribution in [0.3, 0.4) is 0 Å². The van der Waals surface area contributed by atoms with Crippen molar-refractivity contribution in [2.45, 2.75) is 83.3 Å². The van der Waals surface area contributed by atoms with E-state index >= 15 is 0 Å².